The second kappa shape index (κ2) is 10.4. The van der Waals surface area contributed by atoms with Gasteiger partial charge in [0.2, 0.25) is 5.91 Å². The predicted octanol–water partition coefficient (Wildman–Crippen LogP) is 2.24. The van der Waals surface area contributed by atoms with E-state index in [1.807, 2.05) is 45.0 Å². The number of hydrogen-bond acceptors (Lipinski definition) is 3. The number of methoxy groups -OCH3 is 1. The molecule has 0 aromatic heterocycles. The third-order valence-electron chi connectivity index (χ3n) is 2.98. The van der Waals surface area contributed by atoms with Crippen molar-refractivity contribution < 1.29 is 9.53 Å². The molecule has 0 saturated carbocycles. The Morgan fingerprint density at radius 3 is 2.25 bits per heavy atom. The van der Waals surface area contributed by atoms with E-state index in [9.17, 15) is 4.79 Å². The van der Waals surface area contributed by atoms with Crippen molar-refractivity contribution in [2.45, 2.75) is 32.9 Å². The van der Waals surface area contributed by atoms with Gasteiger partial charge in [-0.15, -0.1) is 24.0 Å². The molecule has 0 fully saturated rings. The number of carbonyl (C=O) groups is 1. The van der Waals surface area contributed by atoms with Crippen molar-refractivity contribution in [1.82, 2.24) is 15.5 Å². The van der Waals surface area contributed by atoms with Gasteiger partial charge in [-0.05, 0) is 38.5 Å². The maximum Gasteiger partial charge on any atom is 0.241 e. The Bertz CT molecular complexity index is 537. The lowest BCUT2D eigenvalue weighted by molar-refractivity contribution is -0.127. The van der Waals surface area contributed by atoms with Gasteiger partial charge in [0.15, 0.2) is 5.96 Å². The summed E-state index contributed by atoms with van der Waals surface area (Å²) >= 11 is 0. The molecule has 7 heteroatoms. The SMILES string of the molecule is COc1ccc(CN=C(NCC(=O)N(C)C)NC(C)(C)C)cc1.I. The number of aliphatic imine (C=N–C) groups is 1. The van der Waals surface area contributed by atoms with Crippen LogP contribution in [0.4, 0.5) is 0 Å². The van der Waals surface area contributed by atoms with E-state index in [0.29, 0.717) is 12.5 Å². The fourth-order valence-electron chi connectivity index (χ4n) is 1.71. The normalized spacial score (nSPS) is 11.3. The van der Waals surface area contributed by atoms with Crippen molar-refractivity contribution in [3.05, 3.63) is 29.8 Å². The predicted molar refractivity (Wildman–Crippen MR) is 109 cm³/mol. The number of carbonyl (C=O) groups excluding carboxylic acids is 1. The minimum atomic E-state index is -0.146. The van der Waals surface area contributed by atoms with Crippen LogP contribution in [-0.2, 0) is 11.3 Å². The molecule has 0 spiro atoms. The molecular formula is C17H29IN4O2. The Morgan fingerprint density at radius 1 is 1.21 bits per heavy atom. The highest BCUT2D eigenvalue weighted by Gasteiger charge is 2.13. The quantitative estimate of drug-likeness (QED) is 0.412. The van der Waals surface area contributed by atoms with Gasteiger partial charge in [0.05, 0.1) is 20.2 Å². The summed E-state index contributed by atoms with van der Waals surface area (Å²) in [6, 6.07) is 7.76. The first-order valence-electron chi connectivity index (χ1n) is 7.61. The monoisotopic (exact) mass is 448 g/mol. The number of amides is 1. The first-order chi connectivity index (χ1) is 10.7. The van der Waals surface area contributed by atoms with E-state index in [1.54, 1.807) is 26.1 Å². The molecule has 0 aliphatic heterocycles. The van der Waals surface area contributed by atoms with Crippen LogP contribution in [0, 0.1) is 0 Å². The van der Waals surface area contributed by atoms with Gasteiger partial charge in [-0.25, -0.2) is 4.99 Å². The zero-order chi connectivity index (χ0) is 17.5. The number of halogens is 1. The summed E-state index contributed by atoms with van der Waals surface area (Å²) in [7, 11) is 5.11. The van der Waals surface area contributed by atoms with Gasteiger partial charge < -0.3 is 20.3 Å². The van der Waals surface area contributed by atoms with E-state index in [2.05, 4.69) is 15.6 Å². The van der Waals surface area contributed by atoms with Crippen LogP contribution in [0.3, 0.4) is 0 Å². The van der Waals surface area contributed by atoms with E-state index in [0.717, 1.165) is 11.3 Å². The smallest absolute Gasteiger partial charge is 0.241 e. The third-order valence-corrected chi connectivity index (χ3v) is 2.98. The van der Waals surface area contributed by atoms with Crippen LogP contribution in [0.5, 0.6) is 5.75 Å². The molecule has 1 amide bonds. The second-order valence-corrected chi connectivity index (χ2v) is 6.53. The minimum absolute atomic E-state index is 0. The lowest BCUT2D eigenvalue weighted by Crippen LogP contribution is -2.49. The molecule has 24 heavy (non-hydrogen) atoms. The van der Waals surface area contributed by atoms with Gasteiger partial charge in [-0.1, -0.05) is 12.1 Å². The van der Waals surface area contributed by atoms with Gasteiger partial charge in [0, 0.05) is 19.6 Å². The van der Waals surface area contributed by atoms with Crippen LogP contribution in [0.15, 0.2) is 29.3 Å². The number of nitrogens with zero attached hydrogens (tertiary/aromatic N) is 2. The zero-order valence-electron chi connectivity index (χ0n) is 15.3. The number of benzene rings is 1. The van der Waals surface area contributed by atoms with Crippen LogP contribution in [0.1, 0.15) is 26.3 Å². The van der Waals surface area contributed by atoms with E-state index in [1.165, 1.54) is 0 Å². The summed E-state index contributed by atoms with van der Waals surface area (Å²) < 4.78 is 5.15. The Hall–Kier alpha value is -1.51. The van der Waals surface area contributed by atoms with Crippen LogP contribution in [0.25, 0.3) is 0 Å². The Morgan fingerprint density at radius 2 is 1.79 bits per heavy atom. The van der Waals surface area contributed by atoms with Crippen molar-refractivity contribution in [1.29, 1.82) is 0 Å². The molecule has 0 radical (unpaired) electrons. The van der Waals surface area contributed by atoms with E-state index in [4.69, 9.17) is 4.74 Å². The molecule has 0 aliphatic rings. The van der Waals surface area contributed by atoms with Crippen molar-refractivity contribution in [3.63, 3.8) is 0 Å². The maximum absolute atomic E-state index is 11.7. The van der Waals surface area contributed by atoms with Crippen LogP contribution < -0.4 is 15.4 Å². The number of guanidine groups is 1. The highest BCUT2D eigenvalue weighted by Crippen LogP contribution is 2.12. The van der Waals surface area contributed by atoms with Gasteiger partial charge in [0.1, 0.15) is 5.75 Å². The van der Waals surface area contributed by atoms with Crippen molar-refractivity contribution in [2.24, 2.45) is 4.99 Å². The molecule has 0 heterocycles. The van der Waals surface area contributed by atoms with Crippen LogP contribution >= 0.6 is 24.0 Å². The van der Waals surface area contributed by atoms with E-state index < -0.39 is 0 Å². The number of ether oxygens (including phenoxy) is 1. The summed E-state index contributed by atoms with van der Waals surface area (Å²) in [6.45, 7) is 6.87. The molecule has 6 nitrogen and oxygen atoms in total. The molecule has 0 unspecified atom stereocenters. The molecule has 1 aromatic rings. The Labute approximate surface area is 162 Å². The summed E-state index contributed by atoms with van der Waals surface area (Å²) in [5.74, 6) is 1.43. The average Bonchev–Trinajstić information content (AvgIpc) is 2.48. The molecular weight excluding hydrogens is 419 g/mol. The Balaban J connectivity index is 0.00000529. The standard InChI is InChI=1S/C17H28N4O2.HI/c1-17(2,3)20-16(19-12-15(22)21(4)5)18-11-13-7-9-14(23-6)10-8-13;/h7-10H,11-12H2,1-6H3,(H2,18,19,20);1H. The van der Waals surface area contributed by atoms with Gasteiger partial charge in [-0.2, -0.15) is 0 Å². The summed E-state index contributed by atoms with van der Waals surface area (Å²) in [5, 5.41) is 6.36. The second-order valence-electron chi connectivity index (χ2n) is 6.53. The van der Waals surface area contributed by atoms with Gasteiger partial charge in [0.25, 0.3) is 0 Å². The van der Waals surface area contributed by atoms with E-state index in [-0.39, 0.29) is 42.0 Å². The zero-order valence-corrected chi connectivity index (χ0v) is 17.7. The number of nitrogens with one attached hydrogen (secondary N) is 2. The topological polar surface area (TPSA) is 66.0 Å². The third kappa shape index (κ3) is 8.95. The fourth-order valence-corrected chi connectivity index (χ4v) is 1.71. The Kier molecular flexibility index (Phi) is 9.72. The molecule has 0 bridgehead atoms. The minimum Gasteiger partial charge on any atom is -0.497 e. The van der Waals surface area contributed by atoms with E-state index >= 15 is 0 Å². The number of rotatable bonds is 5. The summed E-state index contributed by atoms with van der Waals surface area (Å²) in [4.78, 5) is 17.8. The first-order valence-corrected chi connectivity index (χ1v) is 7.61. The molecule has 0 saturated heterocycles. The fraction of sp³-hybridized carbons (Fsp3) is 0.529. The molecule has 1 rings (SSSR count). The lowest BCUT2D eigenvalue weighted by Gasteiger charge is -2.24. The molecule has 1 aromatic carbocycles. The molecule has 0 atom stereocenters. The number of likely N-dealkylation sites (N-methyl/N-ethyl adjacent to an activating group) is 1. The molecule has 136 valence electrons. The van der Waals surface area contributed by atoms with Gasteiger partial charge in [-0.3, -0.25) is 4.79 Å². The van der Waals surface area contributed by atoms with Crippen LogP contribution in [-0.4, -0.2) is 50.1 Å². The summed E-state index contributed by atoms with van der Waals surface area (Å²) in [5.41, 5.74) is 0.923. The van der Waals surface area contributed by atoms with Crippen molar-refractivity contribution in [2.75, 3.05) is 27.7 Å². The van der Waals surface area contributed by atoms with Gasteiger partial charge >= 0.3 is 0 Å². The average molecular weight is 448 g/mol. The van der Waals surface area contributed by atoms with Crippen molar-refractivity contribution in [3.8, 4) is 5.75 Å². The maximum atomic E-state index is 11.7. The lowest BCUT2D eigenvalue weighted by atomic mass is 10.1. The van der Waals surface area contributed by atoms with Crippen molar-refractivity contribution >= 4 is 35.8 Å². The molecule has 2 N–H and O–H groups in total. The first kappa shape index (κ1) is 22.5. The van der Waals surface area contributed by atoms with Crippen LogP contribution in [0.2, 0.25) is 0 Å². The number of hydrogen-bond donors (Lipinski definition) is 2. The molecule has 0 aliphatic carbocycles. The summed E-state index contributed by atoms with van der Waals surface area (Å²) in [6.07, 6.45) is 0. The highest BCUT2D eigenvalue weighted by atomic mass is 127. The highest BCUT2D eigenvalue weighted by molar-refractivity contribution is 14.0. The largest absolute Gasteiger partial charge is 0.497 e.